The Morgan fingerprint density at radius 2 is 1.56 bits per heavy atom. The largest absolute Gasteiger partial charge is 0.416 e. The van der Waals surface area contributed by atoms with Crippen molar-refractivity contribution >= 4 is 16.8 Å². The smallest absolute Gasteiger partial charge is 0.366 e. The van der Waals surface area contributed by atoms with Gasteiger partial charge in [0.1, 0.15) is 0 Å². The Morgan fingerprint density at radius 3 is 2.24 bits per heavy atom. The van der Waals surface area contributed by atoms with E-state index in [9.17, 15) is 27.6 Å². The average Bonchev–Trinajstić information content (AvgIpc) is 2.81. The predicted molar refractivity (Wildman–Crippen MR) is 122 cm³/mol. The lowest BCUT2D eigenvalue weighted by Gasteiger charge is -2.15. The molecule has 0 saturated heterocycles. The van der Waals surface area contributed by atoms with Crippen molar-refractivity contribution in [3.8, 4) is 0 Å². The molecule has 2 N–H and O–H groups in total. The number of carbonyl (C=O) groups is 1. The van der Waals surface area contributed by atoms with E-state index in [4.69, 9.17) is 5.73 Å². The number of nitrogens with two attached hydrogens (primary N) is 1. The Bertz CT molecular complexity index is 1490. The summed E-state index contributed by atoms with van der Waals surface area (Å²) in [4.78, 5) is 37.7. The average molecular weight is 467 g/mol. The number of carbonyl (C=O) groups excluding carboxylic acids is 1. The van der Waals surface area contributed by atoms with Gasteiger partial charge in [0.15, 0.2) is 0 Å². The standard InChI is InChI=1S/C25H20F3N3O3/c26-25(27,28)19-5-3-4-16(14-19)12-13-30-23(33)20-6-1-2-7-21(20)31(24(30)34)15-17-8-10-18(11-9-17)22(29)32/h1-11,14H,12-13,15H2,(H2,29,32). The van der Waals surface area contributed by atoms with Gasteiger partial charge in [-0.3, -0.25) is 18.7 Å². The van der Waals surface area contributed by atoms with Crippen molar-refractivity contribution in [1.29, 1.82) is 0 Å². The zero-order chi connectivity index (χ0) is 24.5. The summed E-state index contributed by atoms with van der Waals surface area (Å²) in [5, 5.41) is 0.319. The lowest BCUT2D eigenvalue weighted by Crippen LogP contribution is -2.40. The second-order valence-electron chi connectivity index (χ2n) is 7.85. The summed E-state index contributed by atoms with van der Waals surface area (Å²) in [6, 6.07) is 17.9. The van der Waals surface area contributed by atoms with Gasteiger partial charge in [-0.15, -0.1) is 0 Å². The van der Waals surface area contributed by atoms with Gasteiger partial charge in [-0.2, -0.15) is 13.2 Å². The normalized spacial score (nSPS) is 11.6. The Balaban J connectivity index is 1.73. The highest BCUT2D eigenvalue weighted by Gasteiger charge is 2.30. The summed E-state index contributed by atoms with van der Waals surface area (Å²) in [7, 11) is 0. The molecule has 0 aliphatic heterocycles. The molecule has 1 amide bonds. The second-order valence-corrected chi connectivity index (χ2v) is 7.85. The van der Waals surface area contributed by atoms with Gasteiger partial charge in [0.05, 0.1) is 23.0 Å². The van der Waals surface area contributed by atoms with Crippen LogP contribution in [0, 0.1) is 0 Å². The molecule has 0 fully saturated rings. The van der Waals surface area contributed by atoms with Crippen molar-refractivity contribution < 1.29 is 18.0 Å². The summed E-state index contributed by atoms with van der Waals surface area (Å²) in [6.07, 6.45) is -4.41. The van der Waals surface area contributed by atoms with E-state index in [0.29, 0.717) is 27.6 Å². The maximum atomic E-state index is 13.3. The van der Waals surface area contributed by atoms with Crippen molar-refractivity contribution in [2.75, 3.05) is 0 Å². The number of nitrogens with zero attached hydrogens (tertiary/aromatic N) is 2. The Labute approximate surface area is 191 Å². The number of aromatic nitrogens is 2. The Morgan fingerprint density at radius 1 is 0.853 bits per heavy atom. The number of fused-ring (bicyclic) bond motifs is 1. The molecule has 1 aromatic heterocycles. The summed E-state index contributed by atoms with van der Waals surface area (Å²) in [6.45, 7) is 0.0483. The second kappa shape index (κ2) is 9.01. The molecule has 0 aliphatic rings. The van der Waals surface area contributed by atoms with Crippen LogP contribution in [-0.4, -0.2) is 15.0 Å². The van der Waals surface area contributed by atoms with Crippen molar-refractivity contribution in [1.82, 2.24) is 9.13 Å². The van der Waals surface area contributed by atoms with Crippen LogP contribution in [0.15, 0.2) is 82.4 Å². The molecule has 0 unspecified atom stereocenters. The number of para-hydroxylation sites is 1. The lowest BCUT2D eigenvalue weighted by atomic mass is 10.1. The van der Waals surface area contributed by atoms with E-state index >= 15 is 0 Å². The van der Waals surface area contributed by atoms with E-state index in [0.717, 1.165) is 16.7 Å². The molecular formula is C25H20F3N3O3. The summed E-state index contributed by atoms with van der Waals surface area (Å²) in [5.74, 6) is -0.572. The molecule has 0 aliphatic carbocycles. The summed E-state index contributed by atoms with van der Waals surface area (Å²) >= 11 is 0. The molecule has 1 heterocycles. The number of primary amides is 1. The fourth-order valence-electron chi connectivity index (χ4n) is 3.82. The minimum Gasteiger partial charge on any atom is -0.366 e. The van der Waals surface area contributed by atoms with Gasteiger partial charge < -0.3 is 5.73 Å². The van der Waals surface area contributed by atoms with Crippen LogP contribution in [0.25, 0.3) is 10.9 Å². The maximum absolute atomic E-state index is 13.3. The molecular weight excluding hydrogens is 447 g/mol. The lowest BCUT2D eigenvalue weighted by molar-refractivity contribution is -0.137. The van der Waals surface area contributed by atoms with Crippen LogP contribution in [0.4, 0.5) is 13.2 Å². The van der Waals surface area contributed by atoms with Crippen molar-refractivity contribution in [2.24, 2.45) is 5.73 Å². The van der Waals surface area contributed by atoms with Crippen LogP contribution >= 0.6 is 0 Å². The number of alkyl halides is 3. The number of hydrogen-bond acceptors (Lipinski definition) is 3. The molecule has 0 bridgehead atoms. The molecule has 34 heavy (non-hydrogen) atoms. The monoisotopic (exact) mass is 467 g/mol. The fraction of sp³-hybridized carbons (Fsp3) is 0.160. The van der Waals surface area contributed by atoms with Gasteiger partial charge in [0, 0.05) is 12.1 Å². The van der Waals surface area contributed by atoms with Crippen molar-refractivity contribution in [3.05, 3.63) is 116 Å². The van der Waals surface area contributed by atoms with Crippen molar-refractivity contribution in [3.63, 3.8) is 0 Å². The van der Waals surface area contributed by atoms with Crippen LogP contribution in [0.5, 0.6) is 0 Å². The van der Waals surface area contributed by atoms with E-state index in [1.165, 1.54) is 16.7 Å². The first-order valence-corrected chi connectivity index (χ1v) is 10.4. The van der Waals surface area contributed by atoms with Gasteiger partial charge in [-0.25, -0.2) is 4.79 Å². The zero-order valence-electron chi connectivity index (χ0n) is 17.9. The quantitative estimate of drug-likeness (QED) is 0.470. The first-order chi connectivity index (χ1) is 16.1. The molecule has 3 aromatic carbocycles. The number of halogens is 3. The van der Waals surface area contributed by atoms with Gasteiger partial charge in [-0.05, 0) is 47.9 Å². The first kappa shape index (κ1) is 23.0. The predicted octanol–water partition coefficient (Wildman–Crippen LogP) is 3.57. The SMILES string of the molecule is NC(=O)c1ccc(Cn2c(=O)n(CCc3cccc(C(F)(F)F)c3)c(=O)c3ccccc32)cc1. The van der Waals surface area contributed by atoms with Crippen LogP contribution in [0.3, 0.4) is 0 Å². The number of amides is 1. The topological polar surface area (TPSA) is 87.1 Å². The van der Waals surface area contributed by atoms with Gasteiger partial charge in [0.2, 0.25) is 5.91 Å². The number of aryl methyl sites for hydroxylation is 1. The van der Waals surface area contributed by atoms with E-state index in [-0.39, 0.29) is 19.5 Å². The molecule has 6 nitrogen and oxygen atoms in total. The highest BCUT2D eigenvalue weighted by Crippen LogP contribution is 2.29. The number of benzene rings is 3. The van der Waals surface area contributed by atoms with Crippen LogP contribution < -0.4 is 17.0 Å². The third kappa shape index (κ3) is 4.63. The maximum Gasteiger partial charge on any atom is 0.416 e. The minimum atomic E-state index is -4.48. The van der Waals surface area contributed by atoms with Crippen LogP contribution in [0.2, 0.25) is 0 Å². The molecule has 4 rings (SSSR count). The number of rotatable bonds is 6. The molecule has 0 spiro atoms. The third-order valence-electron chi connectivity index (χ3n) is 5.59. The van der Waals surface area contributed by atoms with Gasteiger partial charge >= 0.3 is 11.9 Å². The molecule has 0 saturated carbocycles. The van der Waals surface area contributed by atoms with Crippen LogP contribution in [0.1, 0.15) is 27.0 Å². The number of hydrogen-bond donors (Lipinski definition) is 1. The molecule has 0 radical (unpaired) electrons. The first-order valence-electron chi connectivity index (χ1n) is 10.4. The third-order valence-corrected chi connectivity index (χ3v) is 5.59. The summed E-state index contributed by atoms with van der Waals surface area (Å²) < 4.78 is 41.6. The van der Waals surface area contributed by atoms with Gasteiger partial charge in [0.25, 0.3) is 5.56 Å². The molecule has 9 heteroatoms. The highest BCUT2D eigenvalue weighted by atomic mass is 19.4. The van der Waals surface area contributed by atoms with E-state index in [2.05, 4.69) is 0 Å². The Kier molecular flexibility index (Phi) is 6.10. The zero-order valence-corrected chi connectivity index (χ0v) is 17.9. The van der Waals surface area contributed by atoms with Crippen LogP contribution in [-0.2, 0) is 25.7 Å². The highest BCUT2D eigenvalue weighted by molar-refractivity contribution is 5.92. The van der Waals surface area contributed by atoms with E-state index in [1.807, 2.05) is 0 Å². The fourth-order valence-corrected chi connectivity index (χ4v) is 3.82. The summed E-state index contributed by atoms with van der Waals surface area (Å²) in [5.41, 5.74) is 5.24. The van der Waals surface area contributed by atoms with Gasteiger partial charge in [-0.1, -0.05) is 42.5 Å². The molecule has 4 aromatic rings. The van der Waals surface area contributed by atoms with Crippen molar-refractivity contribution in [2.45, 2.75) is 25.7 Å². The Hall–Kier alpha value is -4.14. The molecule has 0 atom stereocenters. The minimum absolute atomic E-state index is 0.0741. The molecule has 174 valence electrons. The van der Waals surface area contributed by atoms with E-state index in [1.54, 1.807) is 48.5 Å². The van der Waals surface area contributed by atoms with E-state index < -0.39 is 28.9 Å².